The summed E-state index contributed by atoms with van der Waals surface area (Å²) in [4.78, 5) is 31.0. The van der Waals surface area contributed by atoms with E-state index < -0.39 is 35.7 Å². The van der Waals surface area contributed by atoms with Gasteiger partial charge in [0, 0.05) is 18.8 Å². The number of carbonyl (C=O) groups is 2. The molecule has 0 aliphatic rings. The summed E-state index contributed by atoms with van der Waals surface area (Å²) in [7, 11) is 0. The van der Waals surface area contributed by atoms with Gasteiger partial charge in [0.05, 0.1) is 17.3 Å². The first-order valence-electron chi connectivity index (χ1n) is 12.0. The van der Waals surface area contributed by atoms with Gasteiger partial charge in [0.1, 0.15) is 23.9 Å². The highest BCUT2D eigenvalue weighted by Gasteiger charge is 2.28. The van der Waals surface area contributed by atoms with Gasteiger partial charge in [-0.3, -0.25) is 14.1 Å². The highest BCUT2D eigenvalue weighted by atomic mass is 19.1. The highest BCUT2D eigenvalue weighted by molar-refractivity contribution is 5.95. The second-order valence-electron chi connectivity index (χ2n) is 9.00. The lowest BCUT2D eigenvalue weighted by Gasteiger charge is -2.31. The zero-order chi connectivity index (χ0) is 27.4. The van der Waals surface area contributed by atoms with Crippen molar-refractivity contribution in [2.75, 3.05) is 0 Å². The van der Waals surface area contributed by atoms with Gasteiger partial charge in [0.25, 0.3) is 5.91 Å². The second-order valence-corrected chi connectivity index (χ2v) is 9.00. The Labute approximate surface area is 218 Å². The molecule has 38 heavy (non-hydrogen) atoms. The molecule has 0 fully saturated rings. The van der Waals surface area contributed by atoms with Gasteiger partial charge >= 0.3 is 6.09 Å². The number of imidazole rings is 1. The van der Waals surface area contributed by atoms with Crippen molar-refractivity contribution in [1.82, 2.24) is 19.6 Å². The maximum atomic E-state index is 14.0. The molecule has 2 N–H and O–H groups in total. The van der Waals surface area contributed by atoms with Gasteiger partial charge in [0.2, 0.25) is 0 Å². The smallest absolute Gasteiger partial charge is 0.407 e. The van der Waals surface area contributed by atoms with Crippen molar-refractivity contribution in [3.05, 3.63) is 101 Å². The number of nitrogens with one attached hydrogen (secondary N) is 1. The van der Waals surface area contributed by atoms with Crippen LogP contribution in [0.2, 0.25) is 0 Å². The van der Waals surface area contributed by atoms with Gasteiger partial charge in [-0.1, -0.05) is 36.4 Å². The lowest BCUT2D eigenvalue weighted by Crippen LogP contribution is -2.50. The van der Waals surface area contributed by atoms with Gasteiger partial charge in [0.15, 0.2) is 11.4 Å². The second kappa shape index (κ2) is 11.3. The van der Waals surface area contributed by atoms with Crippen molar-refractivity contribution in [3.8, 4) is 5.75 Å². The Morgan fingerprint density at radius 3 is 2.39 bits per heavy atom. The molecule has 2 atom stereocenters. The van der Waals surface area contributed by atoms with E-state index >= 15 is 0 Å². The molecular weight excluding hydrogens is 494 g/mol. The van der Waals surface area contributed by atoms with Crippen molar-refractivity contribution in [2.45, 2.75) is 46.0 Å². The molecule has 8 nitrogen and oxygen atoms in total. The molecule has 4 rings (SSSR count). The number of carbonyl (C=O) groups excluding carboxylic acids is 1. The van der Waals surface area contributed by atoms with E-state index in [2.05, 4.69) is 10.3 Å². The number of hydrogen-bond donors (Lipinski definition) is 2. The van der Waals surface area contributed by atoms with Crippen molar-refractivity contribution in [3.63, 3.8) is 0 Å². The number of hydrogen-bond acceptors (Lipinski definition) is 4. The van der Waals surface area contributed by atoms with Crippen LogP contribution in [0.5, 0.6) is 5.75 Å². The molecule has 0 aliphatic carbocycles. The SMILES string of the molecule is Cc1nc2c(OCc3c(F)cccc3F)cccn2c1C(=O)NC(C)[C@@H](C)N(Cc1ccccc1)C(=O)O. The van der Waals surface area contributed by atoms with E-state index in [4.69, 9.17) is 4.74 Å². The topological polar surface area (TPSA) is 96.2 Å². The van der Waals surface area contributed by atoms with Gasteiger partial charge < -0.3 is 15.2 Å². The van der Waals surface area contributed by atoms with Crippen LogP contribution < -0.4 is 10.1 Å². The van der Waals surface area contributed by atoms with E-state index in [0.717, 1.165) is 17.7 Å². The molecule has 2 heterocycles. The molecule has 0 saturated carbocycles. The number of pyridine rings is 1. The molecule has 0 bridgehead atoms. The highest BCUT2D eigenvalue weighted by Crippen LogP contribution is 2.24. The molecule has 2 aromatic heterocycles. The monoisotopic (exact) mass is 522 g/mol. The molecule has 198 valence electrons. The maximum Gasteiger partial charge on any atom is 0.407 e. The van der Waals surface area contributed by atoms with Crippen molar-refractivity contribution in [2.24, 2.45) is 0 Å². The van der Waals surface area contributed by atoms with Gasteiger partial charge in [-0.2, -0.15) is 0 Å². The Kier molecular flexibility index (Phi) is 7.90. The van der Waals surface area contributed by atoms with Crippen LogP contribution in [-0.2, 0) is 13.2 Å². The summed E-state index contributed by atoms with van der Waals surface area (Å²) in [6.45, 7) is 4.95. The number of carboxylic acid groups (broad SMARTS) is 1. The van der Waals surface area contributed by atoms with Crippen LogP contribution in [0, 0.1) is 18.6 Å². The largest absolute Gasteiger partial charge is 0.485 e. The quantitative estimate of drug-likeness (QED) is 0.316. The summed E-state index contributed by atoms with van der Waals surface area (Å²) in [5.74, 6) is -1.64. The minimum atomic E-state index is -1.10. The minimum absolute atomic E-state index is 0.176. The van der Waals surface area contributed by atoms with Crippen LogP contribution in [0.1, 0.15) is 41.2 Å². The van der Waals surface area contributed by atoms with Crippen LogP contribution in [0.4, 0.5) is 13.6 Å². The Hall–Kier alpha value is -4.47. The first-order valence-corrected chi connectivity index (χ1v) is 12.0. The van der Waals surface area contributed by atoms with E-state index in [1.807, 2.05) is 30.3 Å². The molecule has 0 spiro atoms. The van der Waals surface area contributed by atoms with Gasteiger partial charge in [-0.15, -0.1) is 0 Å². The zero-order valence-electron chi connectivity index (χ0n) is 21.2. The predicted molar refractivity (Wildman–Crippen MR) is 137 cm³/mol. The first-order chi connectivity index (χ1) is 18.2. The number of fused-ring (bicyclic) bond motifs is 1. The van der Waals surface area contributed by atoms with E-state index in [0.29, 0.717) is 11.3 Å². The number of ether oxygens (including phenoxy) is 1. The zero-order valence-corrected chi connectivity index (χ0v) is 21.2. The van der Waals surface area contributed by atoms with E-state index in [1.165, 1.54) is 15.4 Å². The molecule has 2 aromatic carbocycles. The summed E-state index contributed by atoms with van der Waals surface area (Å²) < 4.78 is 35.3. The Balaban J connectivity index is 1.52. The molecule has 1 unspecified atom stereocenters. The molecule has 4 aromatic rings. The fourth-order valence-corrected chi connectivity index (χ4v) is 4.19. The van der Waals surface area contributed by atoms with E-state index in [1.54, 1.807) is 39.1 Å². The molecule has 10 heteroatoms. The average molecular weight is 523 g/mol. The minimum Gasteiger partial charge on any atom is -0.485 e. The summed E-state index contributed by atoms with van der Waals surface area (Å²) in [5, 5.41) is 12.7. The Morgan fingerprint density at radius 2 is 1.74 bits per heavy atom. The fraction of sp³-hybridized carbons (Fsp3) is 0.250. The van der Waals surface area contributed by atoms with Crippen LogP contribution >= 0.6 is 0 Å². The maximum absolute atomic E-state index is 14.0. The molecule has 0 aliphatic heterocycles. The summed E-state index contributed by atoms with van der Waals surface area (Å²) in [6.07, 6.45) is 0.537. The van der Waals surface area contributed by atoms with Crippen LogP contribution in [0.15, 0.2) is 66.9 Å². The number of aromatic nitrogens is 2. The number of rotatable bonds is 9. The molecule has 2 amide bonds. The van der Waals surface area contributed by atoms with Gasteiger partial charge in [-0.05, 0) is 50.6 Å². The lowest BCUT2D eigenvalue weighted by atomic mass is 10.1. The fourth-order valence-electron chi connectivity index (χ4n) is 4.19. The van der Waals surface area contributed by atoms with E-state index in [9.17, 15) is 23.5 Å². The van der Waals surface area contributed by atoms with Crippen LogP contribution in [0.3, 0.4) is 0 Å². The molecule has 0 saturated heterocycles. The third-order valence-electron chi connectivity index (χ3n) is 6.45. The molecular formula is C28H28F2N4O4. The summed E-state index contributed by atoms with van der Waals surface area (Å²) in [5.41, 5.74) is 1.59. The Bertz CT molecular complexity index is 1440. The van der Waals surface area contributed by atoms with Crippen molar-refractivity contribution in [1.29, 1.82) is 0 Å². The summed E-state index contributed by atoms with van der Waals surface area (Å²) >= 11 is 0. The number of aryl methyl sites for hydroxylation is 1. The molecule has 0 radical (unpaired) electrons. The lowest BCUT2D eigenvalue weighted by molar-refractivity contribution is 0.0868. The van der Waals surface area contributed by atoms with Crippen molar-refractivity contribution >= 4 is 17.6 Å². The third-order valence-corrected chi connectivity index (χ3v) is 6.45. The average Bonchev–Trinajstić information content (AvgIpc) is 3.23. The number of benzene rings is 2. The first kappa shape index (κ1) is 26.6. The predicted octanol–water partition coefficient (Wildman–Crippen LogP) is 5.19. The third kappa shape index (κ3) is 5.59. The normalized spacial score (nSPS) is 12.7. The number of nitrogens with zero attached hydrogens (tertiary/aromatic N) is 3. The van der Waals surface area contributed by atoms with Crippen molar-refractivity contribution < 1.29 is 28.2 Å². The number of amides is 2. The Morgan fingerprint density at radius 1 is 1.05 bits per heavy atom. The van der Waals surface area contributed by atoms with E-state index in [-0.39, 0.29) is 30.2 Å². The van der Waals surface area contributed by atoms with Crippen LogP contribution in [-0.4, -0.2) is 43.5 Å². The number of halogens is 2. The summed E-state index contributed by atoms with van der Waals surface area (Å²) in [6, 6.07) is 15.0. The standard InChI is InChI=1S/C28H28F2N4O4/c1-17(19(3)34(28(36)37)15-20-9-5-4-6-10-20)32-27(35)25-18(2)31-26-24(13-8-14-33(25)26)38-16-21-22(29)11-7-12-23(21)30/h4-14,17,19H,15-16H2,1-3H3,(H,32,35)(H,36,37)/t17?,19-/m1/s1. The van der Waals surface area contributed by atoms with Crippen LogP contribution in [0.25, 0.3) is 5.65 Å². The van der Waals surface area contributed by atoms with Gasteiger partial charge in [-0.25, -0.2) is 18.6 Å².